The van der Waals surface area contributed by atoms with E-state index in [1.807, 2.05) is 42.7 Å². The fourth-order valence-electron chi connectivity index (χ4n) is 3.41. The highest BCUT2D eigenvalue weighted by molar-refractivity contribution is 6.33. The number of hydrogen-bond donors (Lipinski definition) is 0. The van der Waals surface area contributed by atoms with Crippen LogP contribution in [0.25, 0.3) is 11.3 Å². The Morgan fingerprint density at radius 1 is 1.07 bits per heavy atom. The predicted molar refractivity (Wildman–Crippen MR) is 109 cm³/mol. The van der Waals surface area contributed by atoms with E-state index in [0.29, 0.717) is 5.92 Å². The molecule has 0 aliphatic carbocycles. The van der Waals surface area contributed by atoms with Gasteiger partial charge in [0.2, 0.25) is 0 Å². The minimum atomic E-state index is 0.371. The van der Waals surface area contributed by atoms with Crippen LogP contribution in [0.4, 0.5) is 0 Å². The summed E-state index contributed by atoms with van der Waals surface area (Å²) >= 11 is 6.27. The van der Waals surface area contributed by atoms with Crippen molar-refractivity contribution in [3.63, 3.8) is 0 Å². The van der Waals surface area contributed by atoms with Gasteiger partial charge in [-0.05, 0) is 17.7 Å². The van der Waals surface area contributed by atoms with Crippen molar-refractivity contribution in [2.24, 2.45) is 0 Å². The van der Waals surface area contributed by atoms with Crippen molar-refractivity contribution < 1.29 is 0 Å². The summed E-state index contributed by atoms with van der Waals surface area (Å²) in [5.41, 5.74) is 5.52. The van der Waals surface area contributed by atoms with Crippen molar-refractivity contribution in [1.82, 2.24) is 19.9 Å². The van der Waals surface area contributed by atoms with Crippen LogP contribution in [0.5, 0.6) is 0 Å². The Balaban J connectivity index is 1.45. The second-order valence-electron chi connectivity index (χ2n) is 7.35. The van der Waals surface area contributed by atoms with Gasteiger partial charge in [0.15, 0.2) is 0 Å². The number of rotatable bonds is 4. The Labute approximate surface area is 165 Å². The summed E-state index contributed by atoms with van der Waals surface area (Å²) in [5.74, 6) is 1.32. The van der Waals surface area contributed by atoms with Gasteiger partial charge >= 0.3 is 0 Å². The monoisotopic (exact) mass is 378 g/mol. The van der Waals surface area contributed by atoms with Gasteiger partial charge in [0, 0.05) is 66.2 Å². The third kappa shape index (κ3) is 4.02. The maximum atomic E-state index is 6.27. The lowest BCUT2D eigenvalue weighted by atomic mass is 10.1. The summed E-state index contributed by atoms with van der Waals surface area (Å²) in [6.07, 6.45) is 4.93. The van der Waals surface area contributed by atoms with Crippen LogP contribution in [0.2, 0.25) is 5.02 Å². The standard InChI is InChI=1S/C22H23ClN4/c1-15(2)22-25-12-17-14-27(10-9-20(17)26-22)13-16-7-8-21(24-11-16)18-5-3-4-6-19(18)23/h3-8,11-12,15H,9-10,13-14H2,1-2H3. The van der Waals surface area contributed by atoms with Crippen molar-refractivity contribution in [2.75, 3.05) is 6.54 Å². The smallest absolute Gasteiger partial charge is 0.131 e. The molecule has 3 heterocycles. The molecule has 3 aromatic rings. The maximum absolute atomic E-state index is 6.27. The summed E-state index contributed by atoms with van der Waals surface area (Å²) in [6, 6.07) is 12.0. The van der Waals surface area contributed by atoms with Gasteiger partial charge in [0.05, 0.1) is 5.69 Å². The Morgan fingerprint density at radius 3 is 2.67 bits per heavy atom. The molecule has 0 saturated heterocycles. The molecule has 1 aliphatic heterocycles. The topological polar surface area (TPSA) is 41.9 Å². The number of hydrogen-bond acceptors (Lipinski definition) is 4. The van der Waals surface area contributed by atoms with Gasteiger partial charge in [-0.15, -0.1) is 0 Å². The number of pyridine rings is 1. The molecule has 4 rings (SSSR count). The summed E-state index contributed by atoms with van der Waals surface area (Å²) in [6.45, 7) is 7.04. The molecular formula is C22H23ClN4. The third-order valence-corrected chi connectivity index (χ3v) is 5.26. The van der Waals surface area contributed by atoms with Crippen LogP contribution in [0.15, 0.2) is 48.8 Å². The molecule has 0 N–H and O–H groups in total. The van der Waals surface area contributed by atoms with Crippen LogP contribution in [0.3, 0.4) is 0 Å². The molecule has 0 fully saturated rings. The van der Waals surface area contributed by atoms with E-state index in [9.17, 15) is 0 Å². The molecule has 0 radical (unpaired) electrons. The highest BCUT2D eigenvalue weighted by Crippen LogP contribution is 2.26. The van der Waals surface area contributed by atoms with Crippen LogP contribution in [-0.4, -0.2) is 26.4 Å². The van der Waals surface area contributed by atoms with Crippen molar-refractivity contribution in [2.45, 2.75) is 39.3 Å². The highest BCUT2D eigenvalue weighted by atomic mass is 35.5. The average molecular weight is 379 g/mol. The van der Waals surface area contributed by atoms with Crippen LogP contribution in [-0.2, 0) is 19.5 Å². The zero-order chi connectivity index (χ0) is 18.8. The molecule has 0 atom stereocenters. The van der Waals surface area contributed by atoms with Gasteiger partial charge in [-0.1, -0.05) is 49.7 Å². The van der Waals surface area contributed by atoms with E-state index >= 15 is 0 Å². The molecule has 1 aliphatic rings. The van der Waals surface area contributed by atoms with Gasteiger partial charge in [-0.2, -0.15) is 0 Å². The molecule has 0 amide bonds. The molecule has 27 heavy (non-hydrogen) atoms. The first kappa shape index (κ1) is 18.1. The molecule has 4 nitrogen and oxygen atoms in total. The van der Waals surface area contributed by atoms with Gasteiger partial charge in [0.25, 0.3) is 0 Å². The highest BCUT2D eigenvalue weighted by Gasteiger charge is 2.19. The van der Waals surface area contributed by atoms with Gasteiger partial charge in [-0.25, -0.2) is 9.97 Å². The second-order valence-corrected chi connectivity index (χ2v) is 7.75. The lowest BCUT2D eigenvalue weighted by Crippen LogP contribution is -2.31. The summed E-state index contributed by atoms with van der Waals surface area (Å²) in [4.78, 5) is 16.3. The molecule has 0 saturated carbocycles. The minimum Gasteiger partial charge on any atom is -0.294 e. The van der Waals surface area contributed by atoms with E-state index in [0.717, 1.165) is 48.2 Å². The molecular weight excluding hydrogens is 356 g/mol. The number of nitrogens with zero attached hydrogens (tertiary/aromatic N) is 4. The molecule has 2 aromatic heterocycles. The van der Waals surface area contributed by atoms with E-state index in [1.165, 1.54) is 16.8 Å². The number of aromatic nitrogens is 3. The maximum Gasteiger partial charge on any atom is 0.131 e. The summed E-state index contributed by atoms with van der Waals surface area (Å²) in [5, 5.41) is 0.728. The van der Waals surface area contributed by atoms with Crippen molar-refractivity contribution in [3.05, 3.63) is 76.5 Å². The largest absolute Gasteiger partial charge is 0.294 e. The van der Waals surface area contributed by atoms with Gasteiger partial charge < -0.3 is 0 Å². The first-order valence-corrected chi connectivity index (χ1v) is 9.75. The SMILES string of the molecule is CC(C)c1ncc2c(n1)CCN(Cc1ccc(-c3ccccc3Cl)nc1)C2. The fraction of sp³-hybridized carbons (Fsp3) is 0.318. The lowest BCUT2D eigenvalue weighted by Gasteiger charge is -2.28. The molecule has 0 spiro atoms. The van der Waals surface area contributed by atoms with Gasteiger partial charge in [0.1, 0.15) is 5.82 Å². The molecule has 138 valence electrons. The predicted octanol–water partition coefficient (Wildman–Crippen LogP) is 4.87. The zero-order valence-electron chi connectivity index (χ0n) is 15.7. The van der Waals surface area contributed by atoms with E-state index in [4.69, 9.17) is 16.6 Å². The van der Waals surface area contributed by atoms with Crippen LogP contribution >= 0.6 is 11.6 Å². The Bertz CT molecular complexity index is 937. The van der Waals surface area contributed by atoms with E-state index in [-0.39, 0.29) is 0 Å². The van der Waals surface area contributed by atoms with Crippen molar-refractivity contribution in [1.29, 1.82) is 0 Å². The van der Waals surface area contributed by atoms with Crippen molar-refractivity contribution >= 4 is 11.6 Å². The van der Waals surface area contributed by atoms with Crippen LogP contribution in [0.1, 0.15) is 42.4 Å². The minimum absolute atomic E-state index is 0.371. The van der Waals surface area contributed by atoms with Crippen molar-refractivity contribution in [3.8, 4) is 11.3 Å². The quantitative estimate of drug-likeness (QED) is 0.649. The molecule has 1 aromatic carbocycles. The van der Waals surface area contributed by atoms with E-state index < -0.39 is 0 Å². The Morgan fingerprint density at radius 2 is 1.93 bits per heavy atom. The van der Waals surface area contributed by atoms with E-state index in [2.05, 4.69) is 34.8 Å². The summed E-state index contributed by atoms with van der Waals surface area (Å²) in [7, 11) is 0. The van der Waals surface area contributed by atoms with Crippen LogP contribution in [0, 0.1) is 0 Å². The number of benzene rings is 1. The lowest BCUT2D eigenvalue weighted by molar-refractivity contribution is 0.242. The number of halogens is 1. The van der Waals surface area contributed by atoms with Gasteiger partial charge in [-0.3, -0.25) is 9.88 Å². The first-order chi connectivity index (χ1) is 13.1. The number of fused-ring (bicyclic) bond motifs is 1. The average Bonchev–Trinajstić information content (AvgIpc) is 2.68. The molecule has 0 unspecified atom stereocenters. The second kappa shape index (κ2) is 7.75. The molecule has 5 heteroatoms. The normalized spacial score (nSPS) is 14.4. The first-order valence-electron chi connectivity index (χ1n) is 9.37. The fourth-order valence-corrected chi connectivity index (χ4v) is 3.64. The zero-order valence-corrected chi connectivity index (χ0v) is 16.4. The Kier molecular flexibility index (Phi) is 5.19. The Hall–Kier alpha value is -2.30. The summed E-state index contributed by atoms with van der Waals surface area (Å²) < 4.78 is 0. The third-order valence-electron chi connectivity index (χ3n) is 4.93. The molecule has 0 bridgehead atoms. The van der Waals surface area contributed by atoms with E-state index in [1.54, 1.807) is 0 Å². The van der Waals surface area contributed by atoms with Crippen LogP contribution < -0.4 is 0 Å².